The number of fused-ring (bicyclic) bond motifs is 1. The van der Waals surface area contributed by atoms with Crippen molar-refractivity contribution in [3.05, 3.63) is 54.1 Å². The molecule has 1 atom stereocenters. The van der Waals surface area contributed by atoms with E-state index in [1.807, 2.05) is 35.2 Å². The molecule has 3 N–H and O–H groups in total. The number of nitrogens with one attached hydrogen (secondary N) is 2. The molecule has 2 aromatic rings. The van der Waals surface area contributed by atoms with E-state index in [1.165, 1.54) is 5.56 Å². The number of amides is 1. The van der Waals surface area contributed by atoms with E-state index in [0.717, 1.165) is 49.7 Å². The minimum atomic E-state index is -5.08. The van der Waals surface area contributed by atoms with Gasteiger partial charge in [-0.05, 0) is 43.2 Å². The number of carbonyl (C=O) groups excluding carboxylic acids is 1. The van der Waals surface area contributed by atoms with Crippen molar-refractivity contribution in [1.29, 1.82) is 0 Å². The molecule has 0 radical (unpaired) electrons. The number of rotatable bonds is 4. The van der Waals surface area contributed by atoms with Crippen molar-refractivity contribution < 1.29 is 27.9 Å². The van der Waals surface area contributed by atoms with Crippen molar-refractivity contribution in [3.8, 4) is 0 Å². The van der Waals surface area contributed by atoms with Crippen molar-refractivity contribution in [1.82, 2.24) is 10.2 Å². The highest BCUT2D eigenvalue weighted by molar-refractivity contribution is 5.97. The van der Waals surface area contributed by atoms with Gasteiger partial charge in [0.05, 0.1) is 6.54 Å². The van der Waals surface area contributed by atoms with Crippen molar-refractivity contribution in [3.63, 3.8) is 0 Å². The lowest BCUT2D eigenvalue weighted by Gasteiger charge is -2.32. The number of nitrogens with zero attached hydrogens (tertiary/aromatic N) is 2. The Hall–Kier alpha value is -3.11. The summed E-state index contributed by atoms with van der Waals surface area (Å²) in [5.74, 6) is -2.55. The smallest absolute Gasteiger partial charge is 0.475 e. The SMILES string of the molecule is C[C@@H]1CN(CC(=O)N2CCc3ccc(Nc4ccccc4)cc32)CCN1.O=C(O)C(F)(F)F. The maximum absolute atomic E-state index is 12.9. The fourth-order valence-electron chi connectivity index (χ4n) is 3.84. The predicted molar refractivity (Wildman–Crippen MR) is 120 cm³/mol. The maximum atomic E-state index is 12.9. The van der Waals surface area contributed by atoms with Gasteiger partial charge in [0.2, 0.25) is 5.91 Å². The first-order valence-electron chi connectivity index (χ1n) is 10.6. The summed E-state index contributed by atoms with van der Waals surface area (Å²) in [4.78, 5) is 26.0. The Morgan fingerprint density at radius 1 is 1.12 bits per heavy atom. The third kappa shape index (κ3) is 6.93. The van der Waals surface area contributed by atoms with E-state index < -0.39 is 12.1 Å². The van der Waals surface area contributed by atoms with E-state index in [0.29, 0.717) is 12.6 Å². The van der Waals surface area contributed by atoms with Gasteiger partial charge in [-0.2, -0.15) is 13.2 Å². The van der Waals surface area contributed by atoms with Gasteiger partial charge in [-0.3, -0.25) is 9.69 Å². The number of carbonyl (C=O) groups is 2. The molecule has 0 bridgehead atoms. The Morgan fingerprint density at radius 3 is 2.45 bits per heavy atom. The number of alkyl halides is 3. The van der Waals surface area contributed by atoms with E-state index in [4.69, 9.17) is 9.90 Å². The molecule has 1 amide bonds. The number of anilines is 3. The van der Waals surface area contributed by atoms with Crippen LogP contribution in [0.2, 0.25) is 0 Å². The van der Waals surface area contributed by atoms with Crippen molar-refractivity contribution in [2.45, 2.75) is 25.6 Å². The fraction of sp³-hybridized carbons (Fsp3) is 0.391. The lowest BCUT2D eigenvalue weighted by atomic mass is 10.1. The zero-order valence-electron chi connectivity index (χ0n) is 18.2. The molecule has 2 aromatic carbocycles. The van der Waals surface area contributed by atoms with E-state index >= 15 is 0 Å². The number of benzene rings is 2. The number of carboxylic acid groups (broad SMARTS) is 1. The van der Waals surface area contributed by atoms with E-state index in [1.54, 1.807) is 0 Å². The van der Waals surface area contributed by atoms with Crippen LogP contribution in [-0.4, -0.2) is 66.8 Å². The molecular weight excluding hydrogens is 437 g/mol. The molecule has 2 aliphatic rings. The van der Waals surface area contributed by atoms with Crippen LogP contribution < -0.4 is 15.5 Å². The monoisotopic (exact) mass is 464 g/mol. The molecule has 0 aliphatic carbocycles. The van der Waals surface area contributed by atoms with Crippen LogP contribution in [-0.2, 0) is 16.0 Å². The Bertz CT molecular complexity index is 969. The van der Waals surface area contributed by atoms with Crippen molar-refractivity contribution >= 4 is 28.9 Å². The molecule has 2 heterocycles. The molecule has 0 aromatic heterocycles. The van der Waals surface area contributed by atoms with Gasteiger partial charge in [-0.1, -0.05) is 24.3 Å². The standard InChI is InChI=1S/C21H26N4O.C2HF3O2/c1-16-14-24(12-10-22-16)15-21(26)25-11-9-17-7-8-19(13-20(17)25)23-18-5-3-2-4-6-18;3-2(4,5)1(6)7/h2-8,13,16,22-23H,9-12,14-15H2,1H3;(H,6,7)/t16-;/m1./s1. The molecule has 7 nitrogen and oxygen atoms in total. The first kappa shape index (κ1) is 24.5. The number of carboxylic acids is 1. The molecule has 4 rings (SSSR count). The highest BCUT2D eigenvalue weighted by atomic mass is 19.4. The van der Waals surface area contributed by atoms with Gasteiger partial charge >= 0.3 is 12.1 Å². The predicted octanol–water partition coefficient (Wildman–Crippen LogP) is 3.25. The zero-order valence-corrected chi connectivity index (χ0v) is 18.2. The molecular formula is C23H27F3N4O3. The summed E-state index contributed by atoms with van der Waals surface area (Å²) in [5, 5.41) is 14.0. The molecule has 1 fully saturated rings. The molecule has 1 saturated heterocycles. The first-order chi connectivity index (χ1) is 15.6. The lowest BCUT2D eigenvalue weighted by Crippen LogP contribution is -2.52. The summed E-state index contributed by atoms with van der Waals surface area (Å²) in [6.07, 6.45) is -4.15. The Kier molecular flexibility index (Phi) is 7.93. The zero-order chi connectivity index (χ0) is 24.0. The summed E-state index contributed by atoms with van der Waals surface area (Å²) in [6.45, 7) is 6.28. The third-order valence-electron chi connectivity index (χ3n) is 5.40. The number of halogens is 3. The number of para-hydroxylation sites is 1. The summed E-state index contributed by atoms with van der Waals surface area (Å²) < 4.78 is 31.7. The third-order valence-corrected chi connectivity index (χ3v) is 5.40. The van der Waals surface area contributed by atoms with Crippen LogP contribution in [0.15, 0.2) is 48.5 Å². The first-order valence-corrected chi connectivity index (χ1v) is 10.6. The average molecular weight is 464 g/mol. The number of piperazine rings is 1. The summed E-state index contributed by atoms with van der Waals surface area (Å²) >= 11 is 0. The molecule has 10 heteroatoms. The van der Waals surface area contributed by atoms with Crippen LogP contribution in [0.1, 0.15) is 12.5 Å². The van der Waals surface area contributed by atoms with Crippen LogP contribution in [0.4, 0.5) is 30.2 Å². The normalized spacial score (nSPS) is 18.2. The average Bonchev–Trinajstić information content (AvgIpc) is 3.18. The molecule has 0 spiro atoms. The second-order valence-corrected chi connectivity index (χ2v) is 8.02. The summed E-state index contributed by atoms with van der Waals surface area (Å²) in [6, 6.07) is 16.9. The molecule has 178 valence electrons. The van der Waals surface area contributed by atoms with Crippen LogP contribution in [0, 0.1) is 0 Å². The number of hydrogen-bond donors (Lipinski definition) is 3. The molecule has 2 aliphatic heterocycles. The van der Waals surface area contributed by atoms with Gasteiger partial charge in [0, 0.05) is 49.3 Å². The van der Waals surface area contributed by atoms with Crippen LogP contribution in [0.25, 0.3) is 0 Å². The van der Waals surface area contributed by atoms with Gasteiger partial charge in [0.15, 0.2) is 0 Å². The molecule has 0 saturated carbocycles. The van der Waals surface area contributed by atoms with Crippen molar-refractivity contribution in [2.75, 3.05) is 42.9 Å². The lowest BCUT2D eigenvalue weighted by molar-refractivity contribution is -0.192. The largest absolute Gasteiger partial charge is 0.490 e. The van der Waals surface area contributed by atoms with Crippen LogP contribution in [0.3, 0.4) is 0 Å². The van der Waals surface area contributed by atoms with Gasteiger partial charge in [0.25, 0.3) is 0 Å². The Labute approximate surface area is 190 Å². The Balaban J connectivity index is 0.000000383. The van der Waals surface area contributed by atoms with Crippen LogP contribution in [0.5, 0.6) is 0 Å². The Morgan fingerprint density at radius 2 is 1.82 bits per heavy atom. The van der Waals surface area contributed by atoms with Gasteiger partial charge in [-0.15, -0.1) is 0 Å². The maximum Gasteiger partial charge on any atom is 0.490 e. The second-order valence-electron chi connectivity index (χ2n) is 8.02. The quantitative estimate of drug-likeness (QED) is 0.644. The minimum Gasteiger partial charge on any atom is -0.475 e. The number of hydrogen-bond acceptors (Lipinski definition) is 5. The molecule has 0 unspecified atom stereocenters. The number of aliphatic carboxylic acids is 1. The van der Waals surface area contributed by atoms with E-state index in [9.17, 15) is 18.0 Å². The topological polar surface area (TPSA) is 84.9 Å². The van der Waals surface area contributed by atoms with Gasteiger partial charge in [0.1, 0.15) is 0 Å². The summed E-state index contributed by atoms with van der Waals surface area (Å²) in [7, 11) is 0. The van der Waals surface area contributed by atoms with Crippen LogP contribution >= 0.6 is 0 Å². The van der Waals surface area contributed by atoms with Gasteiger partial charge in [-0.25, -0.2) is 4.79 Å². The van der Waals surface area contributed by atoms with E-state index in [-0.39, 0.29) is 5.91 Å². The van der Waals surface area contributed by atoms with E-state index in [2.05, 4.69) is 40.7 Å². The van der Waals surface area contributed by atoms with Gasteiger partial charge < -0.3 is 20.6 Å². The summed E-state index contributed by atoms with van der Waals surface area (Å²) in [5.41, 5.74) is 4.38. The minimum absolute atomic E-state index is 0.203. The fourth-order valence-corrected chi connectivity index (χ4v) is 3.84. The van der Waals surface area contributed by atoms with Crippen molar-refractivity contribution in [2.24, 2.45) is 0 Å². The second kappa shape index (κ2) is 10.7. The highest BCUT2D eigenvalue weighted by Gasteiger charge is 2.38. The molecule has 33 heavy (non-hydrogen) atoms. The highest BCUT2D eigenvalue weighted by Crippen LogP contribution is 2.32.